The van der Waals surface area contributed by atoms with Gasteiger partial charge in [-0.1, -0.05) is 36.4 Å². The van der Waals surface area contributed by atoms with Crippen molar-refractivity contribution in [2.45, 2.75) is 26.2 Å². The molecule has 0 saturated heterocycles. The fraction of sp³-hybridized carbons (Fsp3) is 0.0563. The maximum absolute atomic E-state index is 11.9. The van der Waals surface area contributed by atoms with E-state index in [0.717, 1.165) is 89.4 Å². The van der Waals surface area contributed by atoms with Crippen molar-refractivity contribution in [3.63, 3.8) is 0 Å². The molecule has 11 aromatic rings. The lowest BCUT2D eigenvalue weighted by molar-refractivity contribution is -0.677. The molecule has 16 nitrogen and oxygen atoms in total. The van der Waals surface area contributed by atoms with E-state index >= 15 is 0 Å². The highest BCUT2D eigenvalue weighted by Gasteiger charge is 2.29. The number of carboxylic acid groups (broad SMARTS) is 3. The van der Waals surface area contributed by atoms with Gasteiger partial charge in [-0.3, -0.25) is 0 Å². The second-order valence-corrected chi connectivity index (χ2v) is 21.1. The normalized spacial score (nSPS) is 11.6. The molecule has 0 amide bonds. The van der Waals surface area contributed by atoms with Gasteiger partial charge in [0, 0.05) is 70.8 Å². The molecule has 16 heteroatoms. The predicted octanol–water partition coefficient (Wildman–Crippen LogP) is 11.6. The van der Waals surface area contributed by atoms with Gasteiger partial charge in [-0.15, -0.1) is 0 Å². The van der Waals surface area contributed by atoms with Crippen LogP contribution in [0.1, 0.15) is 76.1 Å². The smallest absolute Gasteiger partial charge is 0.335 e. The van der Waals surface area contributed by atoms with Crippen LogP contribution in [-0.4, -0.2) is 58.4 Å². The SMILES string of the molecule is O=C(O)c1ccc(C[n+]2ccccc2-c2c3nc(c(-c4cccc[n+]4Cc4ccc(C(=O)O)cc4)c4ccc([nH]4)c(-c4cccc[n+]4Cc4ccc(C(=O)O)cc4)c4nc(c(-c5cccc[n+]5Cc5ccc(OO)cc5)c5ccc2[nH]5)C=C4)C=C3)cc1. The van der Waals surface area contributed by atoms with Crippen LogP contribution in [-0.2, 0) is 26.2 Å². The Morgan fingerprint density at radius 3 is 0.839 bits per heavy atom. The first-order valence-electron chi connectivity index (χ1n) is 28.0. The Bertz CT molecular complexity index is 4660. The third-order valence-electron chi connectivity index (χ3n) is 15.6. The van der Waals surface area contributed by atoms with Gasteiger partial charge in [-0.2, -0.15) is 18.3 Å². The first kappa shape index (κ1) is 54.5. The van der Waals surface area contributed by atoms with Crippen molar-refractivity contribution in [3.05, 3.63) is 281 Å². The number of nitrogens with one attached hydrogen (secondary N) is 2. The minimum absolute atomic E-state index is 0.193. The summed E-state index contributed by atoms with van der Waals surface area (Å²) >= 11 is 0. The number of hydrogen-bond donors (Lipinski definition) is 6. The average Bonchev–Trinajstić information content (AvgIpc) is 1.78. The Hall–Kier alpha value is -11.8. The molecule has 0 radical (unpaired) electrons. The first-order valence-corrected chi connectivity index (χ1v) is 28.0. The van der Waals surface area contributed by atoms with E-state index in [2.05, 4.69) is 81.7 Å². The zero-order valence-corrected chi connectivity index (χ0v) is 46.5. The number of nitrogens with zero attached hydrogens (tertiary/aromatic N) is 6. The van der Waals surface area contributed by atoms with Gasteiger partial charge in [0.2, 0.25) is 22.8 Å². The number of aromatic amines is 2. The van der Waals surface area contributed by atoms with Crippen LogP contribution < -0.4 is 23.2 Å². The third-order valence-corrected chi connectivity index (χ3v) is 15.6. The Morgan fingerprint density at radius 1 is 0.345 bits per heavy atom. The summed E-state index contributed by atoms with van der Waals surface area (Å²) in [6.07, 6.45) is 16.2. The zero-order chi connectivity index (χ0) is 59.5. The van der Waals surface area contributed by atoms with E-state index < -0.39 is 17.9 Å². The van der Waals surface area contributed by atoms with Gasteiger partial charge in [0.15, 0.2) is 56.7 Å². The molecule has 0 unspecified atom stereocenters. The van der Waals surface area contributed by atoms with E-state index in [9.17, 15) is 35.0 Å². The Labute approximate surface area is 497 Å². The molecule has 2 aliphatic heterocycles. The van der Waals surface area contributed by atoms with Gasteiger partial charge < -0.3 is 30.2 Å². The average molecular weight is 1150 g/mol. The molecule has 0 atom stereocenters. The third kappa shape index (κ3) is 11.2. The number of rotatable bonds is 16. The summed E-state index contributed by atoms with van der Waals surface area (Å²) < 4.78 is 8.55. The minimum atomic E-state index is -1.00. The largest absolute Gasteiger partial charge is 0.478 e. The lowest BCUT2D eigenvalue weighted by Gasteiger charge is -2.08. The molecule has 0 aliphatic carbocycles. The number of benzene rings is 4. The summed E-state index contributed by atoms with van der Waals surface area (Å²) in [6.45, 7) is 1.68. The van der Waals surface area contributed by atoms with E-state index in [1.165, 1.54) is 0 Å². The Kier molecular flexibility index (Phi) is 14.7. The highest BCUT2D eigenvalue weighted by atomic mass is 17.1. The van der Waals surface area contributed by atoms with E-state index in [4.69, 9.17) is 9.97 Å². The minimum Gasteiger partial charge on any atom is -0.478 e. The van der Waals surface area contributed by atoms with Crippen LogP contribution in [0.2, 0.25) is 0 Å². The van der Waals surface area contributed by atoms with E-state index in [-0.39, 0.29) is 16.7 Å². The van der Waals surface area contributed by atoms with Crippen LogP contribution in [0.5, 0.6) is 5.75 Å². The summed E-state index contributed by atoms with van der Waals surface area (Å²) in [5.41, 5.74) is 16.4. The van der Waals surface area contributed by atoms with Crippen LogP contribution in [0.3, 0.4) is 0 Å². The summed E-state index contributed by atoms with van der Waals surface area (Å²) in [5, 5.41) is 38.7. The van der Waals surface area contributed by atoms with E-state index in [1.54, 1.807) is 48.5 Å². The maximum atomic E-state index is 11.9. The molecular formula is C71H54N8O8+4. The van der Waals surface area contributed by atoms with E-state index in [0.29, 0.717) is 54.7 Å². The molecule has 6 N–H and O–H groups in total. The fourth-order valence-electron chi connectivity index (χ4n) is 11.3. The summed E-state index contributed by atoms with van der Waals surface area (Å²) in [4.78, 5) is 59.4. The second kappa shape index (κ2) is 23.5. The zero-order valence-electron chi connectivity index (χ0n) is 46.5. The molecule has 4 aromatic carbocycles. The van der Waals surface area contributed by atoms with Crippen molar-refractivity contribution >= 4 is 64.3 Å². The molecule has 13 rings (SSSR count). The Morgan fingerprint density at radius 2 is 0.598 bits per heavy atom. The Balaban J connectivity index is 1.12. The standard InChI is InChI=1S/C71H50N8O8/c80-69(81)49-21-13-45(14-22-49)41-76-37-5-1-9-61(76)65-53-29-31-55(72-53)66(62-10-2-6-38-77(62)42-46-15-23-50(24-16-46)70(82)83)57-33-35-59(74-57)68(64-12-4-8-40-79(64)44-48-19-27-52(87-86)28-20-48)60-36-34-58(75-60)67(56-32-30-54(65)73-56)63-11-3-7-39-78(63)43-47-17-25-51(26-18-47)71(84)85/h1-40H,41-44H2,(H2-3,72,73,74,75,80,81,82,83,84,85,86)/p+4. The molecule has 422 valence electrons. The van der Waals surface area contributed by atoms with Gasteiger partial charge in [0.25, 0.3) is 0 Å². The second-order valence-electron chi connectivity index (χ2n) is 21.1. The number of fused-ring (bicyclic) bond motifs is 8. The summed E-state index contributed by atoms with van der Waals surface area (Å²) in [5.74, 6) is -2.69. The summed E-state index contributed by atoms with van der Waals surface area (Å²) in [6, 6.07) is 60.3. The maximum Gasteiger partial charge on any atom is 0.335 e. The van der Waals surface area contributed by atoms with Crippen LogP contribution in [0.25, 0.3) is 91.4 Å². The monoisotopic (exact) mass is 1150 g/mol. The van der Waals surface area contributed by atoms with Crippen molar-refractivity contribution in [1.29, 1.82) is 0 Å². The molecule has 87 heavy (non-hydrogen) atoms. The molecular weight excluding hydrogens is 1090 g/mol. The molecule has 0 spiro atoms. The number of pyridine rings is 4. The molecule has 9 heterocycles. The van der Waals surface area contributed by atoms with Gasteiger partial charge in [0.1, 0.15) is 0 Å². The van der Waals surface area contributed by atoms with Crippen LogP contribution in [0, 0.1) is 0 Å². The van der Waals surface area contributed by atoms with E-state index in [1.807, 2.05) is 146 Å². The molecule has 0 fully saturated rings. The number of hydrogen-bond acceptors (Lipinski definition) is 7. The number of carbonyl (C=O) groups is 3. The molecule has 7 aromatic heterocycles. The lowest BCUT2D eigenvalue weighted by Crippen LogP contribution is -2.36. The highest BCUT2D eigenvalue weighted by molar-refractivity contribution is 5.98. The van der Waals surface area contributed by atoms with Crippen molar-refractivity contribution < 1.29 is 58.1 Å². The predicted molar refractivity (Wildman–Crippen MR) is 328 cm³/mol. The number of carboxylic acids is 3. The molecule has 8 bridgehead atoms. The topological polar surface area (TPSA) is 214 Å². The van der Waals surface area contributed by atoms with Gasteiger partial charge in [-0.05, 0) is 133 Å². The quantitative estimate of drug-likeness (QED) is 0.0306. The summed E-state index contributed by atoms with van der Waals surface area (Å²) in [7, 11) is 0. The van der Waals surface area contributed by atoms with Crippen molar-refractivity contribution in [2.75, 3.05) is 0 Å². The number of aromatic nitrogens is 8. The van der Waals surface area contributed by atoms with Gasteiger partial charge >= 0.3 is 17.9 Å². The number of H-pyrrole nitrogens is 2. The van der Waals surface area contributed by atoms with Crippen LogP contribution in [0.15, 0.2) is 219 Å². The van der Waals surface area contributed by atoms with Gasteiger partial charge in [0.05, 0.1) is 83.8 Å². The molecule has 0 saturated carbocycles. The van der Waals surface area contributed by atoms with Crippen LogP contribution in [0.4, 0.5) is 0 Å². The fourth-order valence-corrected chi connectivity index (χ4v) is 11.3. The van der Waals surface area contributed by atoms with Gasteiger partial charge in [-0.25, -0.2) is 29.6 Å². The molecule has 2 aliphatic rings. The van der Waals surface area contributed by atoms with Crippen LogP contribution >= 0.6 is 0 Å². The van der Waals surface area contributed by atoms with Crippen molar-refractivity contribution in [1.82, 2.24) is 19.9 Å². The lowest BCUT2D eigenvalue weighted by atomic mass is 10.1. The number of aromatic carboxylic acids is 3. The van der Waals surface area contributed by atoms with Crippen molar-refractivity contribution in [2.24, 2.45) is 0 Å². The highest BCUT2D eigenvalue weighted by Crippen LogP contribution is 2.37. The van der Waals surface area contributed by atoms with Crippen molar-refractivity contribution in [3.8, 4) is 50.8 Å². The first-order chi connectivity index (χ1) is 42.5.